The van der Waals surface area contributed by atoms with Crippen LogP contribution in [-0.4, -0.2) is 42.1 Å². The Bertz CT molecular complexity index is 1030. The second kappa shape index (κ2) is 16.7. The minimum absolute atomic E-state index is 0. The van der Waals surface area contributed by atoms with Crippen molar-refractivity contribution >= 4 is 26.8 Å². The topological polar surface area (TPSA) is 269 Å². The Hall–Kier alpha value is -2.11. The summed E-state index contributed by atoms with van der Waals surface area (Å²) in [6.45, 7) is 7.42. The van der Waals surface area contributed by atoms with Gasteiger partial charge in [-0.15, -0.1) is 0 Å². The number of anilines is 1. The van der Waals surface area contributed by atoms with Crippen LogP contribution in [-0.2, 0) is 9.13 Å². The van der Waals surface area contributed by atoms with Gasteiger partial charge >= 0.3 is 21.2 Å². The van der Waals surface area contributed by atoms with Gasteiger partial charge in [0, 0.05) is 12.2 Å². The number of para-hydroxylation sites is 1. The summed E-state index contributed by atoms with van der Waals surface area (Å²) in [5.74, 6) is -1.11. The maximum Gasteiger partial charge on any atom is 0.344 e. The van der Waals surface area contributed by atoms with Gasteiger partial charge in [-0.2, -0.15) is 0 Å². The monoisotopic (exact) mass is 566 g/mol. The zero-order valence-electron chi connectivity index (χ0n) is 22.1. The maximum atomic E-state index is 12.4. The predicted molar refractivity (Wildman–Crippen MR) is 149 cm³/mol. The zero-order valence-corrected chi connectivity index (χ0v) is 23.8. The third-order valence-electron chi connectivity index (χ3n) is 5.45. The molecular formula is C23H44N4O8P2. The first kappa shape index (κ1) is 39.4. The molecule has 0 aliphatic heterocycles. The van der Waals surface area contributed by atoms with Gasteiger partial charge in [-0.1, -0.05) is 47.1 Å². The fourth-order valence-corrected chi connectivity index (χ4v) is 5.90. The molecule has 0 fully saturated rings. The number of carboxylic acid groups (broad SMARTS) is 1. The normalized spacial score (nSPS) is 12.4. The summed E-state index contributed by atoms with van der Waals surface area (Å²) in [7, 11) is -10.5. The van der Waals surface area contributed by atoms with Crippen molar-refractivity contribution < 1.29 is 38.6 Å². The molecule has 214 valence electrons. The highest BCUT2D eigenvalue weighted by Gasteiger charge is 2.58. The average molecular weight is 567 g/mol. The third-order valence-corrected chi connectivity index (χ3v) is 9.91. The fourth-order valence-electron chi connectivity index (χ4n) is 3.23. The zero-order chi connectivity index (χ0) is 26.2. The van der Waals surface area contributed by atoms with Gasteiger partial charge in [0.1, 0.15) is 0 Å². The van der Waals surface area contributed by atoms with Crippen LogP contribution in [0.2, 0.25) is 0 Å². The summed E-state index contributed by atoms with van der Waals surface area (Å²) in [5, 5.41) is 12.2. The number of benzene rings is 1. The van der Waals surface area contributed by atoms with Gasteiger partial charge in [0.15, 0.2) is 4.90 Å². The molecule has 0 heterocycles. The molecule has 15 N–H and O–H groups in total. The lowest BCUT2D eigenvalue weighted by Gasteiger charge is -2.33. The second-order valence-electron chi connectivity index (χ2n) is 8.60. The van der Waals surface area contributed by atoms with Gasteiger partial charge in [0.2, 0.25) is 0 Å². The van der Waals surface area contributed by atoms with Crippen molar-refractivity contribution in [3.63, 3.8) is 0 Å². The lowest BCUT2D eigenvalue weighted by molar-refractivity contribution is 0.0697. The van der Waals surface area contributed by atoms with E-state index in [9.17, 15) is 38.6 Å². The largest absolute Gasteiger partial charge is 0.478 e. The van der Waals surface area contributed by atoms with E-state index in [-0.39, 0.29) is 30.6 Å². The molecule has 0 aliphatic carbocycles. The van der Waals surface area contributed by atoms with Crippen molar-refractivity contribution in [2.24, 2.45) is 0 Å². The van der Waals surface area contributed by atoms with E-state index >= 15 is 0 Å². The Morgan fingerprint density at radius 3 is 1.81 bits per heavy atom. The van der Waals surface area contributed by atoms with Crippen LogP contribution < -0.4 is 23.8 Å². The molecule has 14 heteroatoms. The first-order valence-electron chi connectivity index (χ1n) is 10.7. The Morgan fingerprint density at radius 2 is 1.35 bits per heavy atom. The van der Waals surface area contributed by atoms with Crippen LogP contribution in [0.5, 0.6) is 0 Å². The van der Waals surface area contributed by atoms with Crippen molar-refractivity contribution in [2.45, 2.75) is 58.3 Å². The van der Waals surface area contributed by atoms with Crippen LogP contribution in [0.15, 0.2) is 59.2 Å². The van der Waals surface area contributed by atoms with Crippen molar-refractivity contribution in [3.8, 4) is 0 Å². The van der Waals surface area contributed by atoms with Gasteiger partial charge in [-0.25, -0.2) is 4.79 Å². The number of aromatic carboxylic acids is 1. The second-order valence-corrected chi connectivity index (χ2v) is 12.8. The Kier molecular flexibility index (Phi) is 17.8. The van der Waals surface area contributed by atoms with E-state index in [1.165, 1.54) is 18.2 Å². The molecule has 0 amide bonds. The van der Waals surface area contributed by atoms with E-state index in [2.05, 4.69) is 5.32 Å². The summed E-state index contributed by atoms with van der Waals surface area (Å²) < 4.78 is 24.8. The number of rotatable bonds is 13. The molecule has 12 nitrogen and oxygen atoms in total. The van der Waals surface area contributed by atoms with E-state index in [4.69, 9.17) is 0 Å². The van der Waals surface area contributed by atoms with Crippen LogP contribution in [0.3, 0.4) is 0 Å². The minimum Gasteiger partial charge on any atom is -0.478 e. The van der Waals surface area contributed by atoms with E-state index in [0.29, 0.717) is 24.1 Å². The average Bonchev–Trinajstić information content (AvgIpc) is 2.70. The molecular weight excluding hydrogens is 522 g/mol. The van der Waals surface area contributed by atoms with E-state index in [1.54, 1.807) is 32.0 Å². The molecule has 0 atom stereocenters. The molecule has 1 aromatic carbocycles. The summed E-state index contributed by atoms with van der Waals surface area (Å²) in [6.07, 6.45) is 5.16. The van der Waals surface area contributed by atoms with Crippen LogP contribution in [0.1, 0.15) is 63.7 Å². The summed E-state index contributed by atoms with van der Waals surface area (Å²) in [6, 6.07) is 6.26. The molecule has 0 saturated carbocycles. The Balaban J connectivity index is -0.00000385. The quantitative estimate of drug-likeness (QED) is 0.102. The van der Waals surface area contributed by atoms with E-state index in [0.717, 1.165) is 11.1 Å². The molecule has 0 bridgehead atoms. The third kappa shape index (κ3) is 11.9. The Morgan fingerprint density at radius 1 is 0.865 bits per heavy atom. The molecule has 1 aromatic rings. The number of allylic oxidation sites excluding steroid dienone is 5. The summed E-state index contributed by atoms with van der Waals surface area (Å²) in [4.78, 5) is 48.8. The number of hydrogen-bond acceptors (Lipinski definition) is 7. The summed E-state index contributed by atoms with van der Waals surface area (Å²) >= 11 is 0. The van der Waals surface area contributed by atoms with E-state index in [1.807, 2.05) is 19.9 Å². The first-order chi connectivity index (χ1) is 15.6. The molecule has 1 rings (SSSR count). The van der Waals surface area contributed by atoms with Crippen molar-refractivity contribution in [3.05, 3.63) is 64.8 Å². The molecule has 0 aliphatic rings. The predicted octanol–water partition coefficient (Wildman–Crippen LogP) is 5.75. The van der Waals surface area contributed by atoms with Crippen LogP contribution in [0.4, 0.5) is 5.69 Å². The lowest BCUT2D eigenvalue weighted by atomic mass is 10.1. The maximum absolute atomic E-state index is 12.4. The molecule has 0 aromatic heterocycles. The highest BCUT2D eigenvalue weighted by atomic mass is 31.2. The highest BCUT2D eigenvalue weighted by molar-refractivity contribution is 7.72. The van der Waals surface area contributed by atoms with Gasteiger partial charge in [-0.3, -0.25) is 9.13 Å². The first-order valence-corrected chi connectivity index (χ1v) is 14.0. The lowest BCUT2D eigenvalue weighted by Crippen LogP contribution is -2.28. The molecule has 0 spiro atoms. The fraction of sp³-hybridized carbons (Fsp3) is 0.435. The molecule has 0 unspecified atom stereocenters. The van der Waals surface area contributed by atoms with E-state index < -0.39 is 38.9 Å². The van der Waals surface area contributed by atoms with Crippen molar-refractivity contribution in [2.75, 3.05) is 11.9 Å². The molecule has 0 radical (unpaired) electrons. The summed E-state index contributed by atoms with van der Waals surface area (Å²) in [5.41, 5.74) is 2.86. The molecule has 37 heavy (non-hydrogen) atoms. The Labute approximate surface area is 219 Å². The van der Waals surface area contributed by atoms with Crippen LogP contribution in [0.25, 0.3) is 0 Å². The number of nitrogens with one attached hydrogen (secondary N) is 1. The number of carboxylic acids is 1. The van der Waals surface area contributed by atoms with Gasteiger partial charge in [0.25, 0.3) is 0 Å². The van der Waals surface area contributed by atoms with Crippen LogP contribution >= 0.6 is 15.2 Å². The van der Waals surface area contributed by atoms with Gasteiger partial charge < -0.3 is 48.4 Å². The minimum atomic E-state index is -5.24. The number of hydrogen-bond donors (Lipinski definition) is 9. The van der Waals surface area contributed by atoms with Gasteiger partial charge in [-0.05, 0) is 65.5 Å². The highest BCUT2D eigenvalue weighted by Crippen LogP contribution is 2.72. The number of carbonyl (C=O) groups is 1. The van der Waals surface area contributed by atoms with Crippen molar-refractivity contribution in [1.82, 2.24) is 18.5 Å². The standard InChI is InChI=1S/C23H35NO8P2.3H3N/c1-17(2)8-7-9-18(3)12-14-23(33(27,28)29,34(30,31)32)15-13-19(4)16-24-21-11-6-5-10-20(21)22(25)26;;;/h5-6,8,10-13,24H,7,9,14-16H2,1-4H3,(H,25,26)(H2,27,28,29)(H2,30,31,32);3*1H3/b18-12+,19-13+;;;. The van der Waals surface area contributed by atoms with Crippen LogP contribution in [0, 0.1) is 0 Å². The molecule has 0 saturated heterocycles. The smallest absolute Gasteiger partial charge is 0.344 e. The van der Waals surface area contributed by atoms with Crippen molar-refractivity contribution in [1.29, 1.82) is 0 Å². The SMILES string of the molecule is CC(C)=CCC/C(C)=C/CC(C/C=C(\C)CNc1ccccc1C(=O)O)(P(=O)(O)O)P(=O)(O)O.N.N.N. The van der Waals surface area contributed by atoms with Gasteiger partial charge in [0.05, 0.1) is 5.56 Å².